The standard InChI is InChI=1S/C13H18N2O2/c1-3-13(2,14)12(16)15-8-9-17-11-7-5-4-6-10(11)15/h4-7H,3,8-9,14H2,1-2H3. The number of anilines is 1. The minimum absolute atomic E-state index is 0.0456. The smallest absolute Gasteiger partial charge is 0.246 e. The van der Waals surface area contributed by atoms with E-state index in [1.54, 1.807) is 11.8 Å². The van der Waals surface area contributed by atoms with Gasteiger partial charge in [0.1, 0.15) is 12.4 Å². The minimum Gasteiger partial charge on any atom is -0.490 e. The quantitative estimate of drug-likeness (QED) is 0.844. The van der Waals surface area contributed by atoms with E-state index in [4.69, 9.17) is 10.5 Å². The Morgan fingerprint density at radius 3 is 2.94 bits per heavy atom. The van der Waals surface area contributed by atoms with E-state index in [0.717, 1.165) is 11.4 Å². The molecule has 4 heteroatoms. The molecule has 1 aliphatic heterocycles. The van der Waals surface area contributed by atoms with Gasteiger partial charge in [-0.3, -0.25) is 4.79 Å². The summed E-state index contributed by atoms with van der Waals surface area (Å²) in [6.45, 7) is 4.77. The monoisotopic (exact) mass is 234 g/mol. The number of rotatable bonds is 2. The van der Waals surface area contributed by atoms with E-state index >= 15 is 0 Å². The van der Waals surface area contributed by atoms with Crippen LogP contribution in [0.1, 0.15) is 20.3 Å². The van der Waals surface area contributed by atoms with Crippen LogP contribution in [0.5, 0.6) is 5.75 Å². The molecule has 0 saturated heterocycles. The van der Waals surface area contributed by atoms with Crippen LogP contribution in [0, 0.1) is 0 Å². The predicted octanol–water partition coefficient (Wildman–Crippen LogP) is 1.54. The molecule has 4 nitrogen and oxygen atoms in total. The fraction of sp³-hybridized carbons (Fsp3) is 0.462. The molecule has 0 bridgehead atoms. The number of hydrogen-bond donors (Lipinski definition) is 1. The molecule has 0 aliphatic carbocycles. The second-order valence-electron chi connectivity index (χ2n) is 4.54. The van der Waals surface area contributed by atoms with Crippen LogP contribution < -0.4 is 15.4 Å². The first-order chi connectivity index (χ1) is 8.06. The van der Waals surface area contributed by atoms with E-state index in [0.29, 0.717) is 19.6 Å². The molecular weight excluding hydrogens is 216 g/mol. The average Bonchev–Trinajstić information content (AvgIpc) is 2.37. The zero-order chi connectivity index (χ0) is 12.5. The largest absolute Gasteiger partial charge is 0.490 e. The van der Waals surface area contributed by atoms with Gasteiger partial charge in [0.2, 0.25) is 5.91 Å². The van der Waals surface area contributed by atoms with Crippen molar-refractivity contribution in [2.24, 2.45) is 5.73 Å². The second-order valence-corrected chi connectivity index (χ2v) is 4.54. The average molecular weight is 234 g/mol. The molecule has 92 valence electrons. The van der Waals surface area contributed by atoms with Crippen LogP contribution in [0.15, 0.2) is 24.3 Å². The molecule has 1 aliphatic rings. The molecule has 0 spiro atoms. The molecule has 0 aromatic heterocycles. The number of carbonyl (C=O) groups excluding carboxylic acids is 1. The number of benzene rings is 1. The molecule has 1 unspecified atom stereocenters. The van der Waals surface area contributed by atoms with E-state index in [2.05, 4.69) is 0 Å². The Morgan fingerprint density at radius 1 is 1.53 bits per heavy atom. The van der Waals surface area contributed by atoms with Crippen LogP contribution in [0.25, 0.3) is 0 Å². The van der Waals surface area contributed by atoms with Gasteiger partial charge in [-0.2, -0.15) is 0 Å². The van der Waals surface area contributed by atoms with Gasteiger partial charge >= 0.3 is 0 Å². The maximum Gasteiger partial charge on any atom is 0.246 e. The third kappa shape index (κ3) is 2.13. The summed E-state index contributed by atoms with van der Waals surface area (Å²) < 4.78 is 5.52. The van der Waals surface area contributed by atoms with Gasteiger partial charge in [0, 0.05) is 0 Å². The van der Waals surface area contributed by atoms with Crippen LogP contribution in [-0.2, 0) is 4.79 Å². The third-order valence-corrected chi connectivity index (χ3v) is 3.20. The number of nitrogens with two attached hydrogens (primary N) is 1. The molecule has 0 saturated carbocycles. The number of amides is 1. The molecule has 2 rings (SSSR count). The van der Waals surface area contributed by atoms with E-state index in [1.807, 2.05) is 31.2 Å². The lowest BCUT2D eigenvalue weighted by Gasteiger charge is -2.34. The Bertz CT molecular complexity index is 429. The summed E-state index contributed by atoms with van der Waals surface area (Å²) in [6, 6.07) is 7.55. The summed E-state index contributed by atoms with van der Waals surface area (Å²) in [4.78, 5) is 14.1. The van der Waals surface area contributed by atoms with Gasteiger partial charge in [0.15, 0.2) is 0 Å². The minimum atomic E-state index is -0.815. The highest BCUT2D eigenvalue weighted by Crippen LogP contribution is 2.32. The molecule has 1 aromatic carbocycles. The first kappa shape index (κ1) is 11.9. The van der Waals surface area contributed by atoms with Crippen molar-refractivity contribution in [2.45, 2.75) is 25.8 Å². The van der Waals surface area contributed by atoms with Gasteiger partial charge in [-0.1, -0.05) is 19.1 Å². The third-order valence-electron chi connectivity index (χ3n) is 3.20. The first-order valence-corrected chi connectivity index (χ1v) is 5.89. The van der Waals surface area contributed by atoms with Gasteiger partial charge in [-0.05, 0) is 25.5 Å². The molecule has 17 heavy (non-hydrogen) atoms. The number of nitrogens with zero attached hydrogens (tertiary/aromatic N) is 1. The van der Waals surface area contributed by atoms with Gasteiger partial charge in [-0.25, -0.2) is 0 Å². The van der Waals surface area contributed by atoms with Crippen molar-refractivity contribution in [1.82, 2.24) is 0 Å². The molecular formula is C13H18N2O2. The fourth-order valence-electron chi connectivity index (χ4n) is 1.84. The van der Waals surface area contributed by atoms with E-state index < -0.39 is 5.54 Å². The lowest BCUT2D eigenvalue weighted by Crippen LogP contribution is -2.54. The number of fused-ring (bicyclic) bond motifs is 1. The van der Waals surface area contributed by atoms with Gasteiger partial charge in [-0.15, -0.1) is 0 Å². The Morgan fingerprint density at radius 2 is 2.24 bits per heavy atom. The molecule has 1 heterocycles. The zero-order valence-electron chi connectivity index (χ0n) is 10.3. The van der Waals surface area contributed by atoms with Crippen LogP contribution in [0.4, 0.5) is 5.69 Å². The number of para-hydroxylation sites is 2. The molecule has 1 atom stereocenters. The van der Waals surface area contributed by atoms with Crippen LogP contribution >= 0.6 is 0 Å². The Kier molecular flexibility index (Phi) is 3.07. The number of hydrogen-bond acceptors (Lipinski definition) is 3. The van der Waals surface area contributed by atoms with Gasteiger partial charge < -0.3 is 15.4 Å². The van der Waals surface area contributed by atoms with Crippen LogP contribution in [-0.4, -0.2) is 24.6 Å². The van der Waals surface area contributed by atoms with E-state index in [9.17, 15) is 4.79 Å². The molecule has 1 amide bonds. The lowest BCUT2D eigenvalue weighted by atomic mass is 9.98. The van der Waals surface area contributed by atoms with Crippen molar-refractivity contribution in [1.29, 1.82) is 0 Å². The highest BCUT2D eigenvalue weighted by atomic mass is 16.5. The normalized spacial score (nSPS) is 17.9. The summed E-state index contributed by atoms with van der Waals surface area (Å²) in [7, 11) is 0. The molecule has 0 fully saturated rings. The topological polar surface area (TPSA) is 55.6 Å². The molecule has 2 N–H and O–H groups in total. The van der Waals surface area contributed by atoms with Crippen LogP contribution in [0.2, 0.25) is 0 Å². The Balaban J connectivity index is 2.33. The summed E-state index contributed by atoms with van der Waals surface area (Å²) in [6.07, 6.45) is 0.616. The predicted molar refractivity (Wildman–Crippen MR) is 67.2 cm³/mol. The zero-order valence-corrected chi connectivity index (χ0v) is 10.3. The van der Waals surface area contributed by atoms with Crippen LogP contribution in [0.3, 0.4) is 0 Å². The maximum atomic E-state index is 12.4. The highest BCUT2D eigenvalue weighted by Gasteiger charge is 2.34. The lowest BCUT2D eigenvalue weighted by molar-refractivity contribution is -0.123. The second kappa shape index (κ2) is 4.37. The van der Waals surface area contributed by atoms with Gasteiger partial charge in [0.25, 0.3) is 0 Å². The summed E-state index contributed by atoms with van der Waals surface area (Å²) in [5, 5.41) is 0. The van der Waals surface area contributed by atoms with Crippen molar-refractivity contribution in [3.05, 3.63) is 24.3 Å². The SMILES string of the molecule is CCC(C)(N)C(=O)N1CCOc2ccccc21. The maximum absolute atomic E-state index is 12.4. The summed E-state index contributed by atoms with van der Waals surface area (Å²) >= 11 is 0. The van der Waals surface area contributed by atoms with Crippen molar-refractivity contribution < 1.29 is 9.53 Å². The summed E-state index contributed by atoms with van der Waals surface area (Å²) in [5.41, 5.74) is 6.01. The fourth-order valence-corrected chi connectivity index (χ4v) is 1.84. The first-order valence-electron chi connectivity index (χ1n) is 5.89. The van der Waals surface area contributed by atoms with Crippen molar-refractivity contribution in [2.75, 3.05) is 18.1 Å². The Labute approximate surface area is 101 Å². The molecule has 0 radical (unpaired) electrons. The van der Waals surface area contributed by atoms with E-state index in [-0.39, 0.29) is 5.91 Å². The van der Waals surface area contributed by atoms with E-state index in [1.165, 1.54) is 0 Å². The number of ether oxygens (including phenoxy) is 1. The number of carbonyl (C=O) groups is 1. The molecule has 1 aromatic rings. The van der Waals surface area contributed by atoms with Crippen molar-refractivity contribution in [3.8, 4) is 5.75 Å². The summed E-state index contributed by atoms with van der Waals surface area (Å²) in [5.74, 6) is 0.703. The van der Waals surface area contributed by atoms with Crippen molar-refractivity contribution in [3.63, 3.8) is 0 Å². The van der Waals surface area contributed by atoms with Gasteiger partial charge in [0.05, 0.1) is 17.8 Å². The van der Waals surface area contributed by atoms with Crippen molar-refractivity contribution >= 4 is 11.6 Å². The Hall–Kier alpha value is -1.55. The highest BCUT2D eigenvalue weighted by molar-refractivity contribution is 6.01.